The Bertz CT molecular complexity index is 473. The molecular weight excluding hydrogens is 250 g/mol. The minimum atomic E-state index is -3.30. The Hall–Kier alpha value is -1.07. The van der Waals surface area contributed by atoms with Crippen LogP contribution in [0.2, 0.25) is 0 Å². The molecule has 0 unspecified atom stereocenters. The number of carbonyl (C=O) groups excluding carboxylic acids is 1. The average molecular weight is 261 g/mol. The second-order valence-electron chi connectivity index (χ2n) is 3.12. The Morgan fingerprint density at radius 1 is 1.38 bits per heavy atom. The highest BCUT2D eigenvalue weighted by atomic mass is 35.5. The van der Waals surface area contributed by atoms with Crippen LogP contribution in [-0.2, 0) is 21.2 Å². The van der Waals surface area contributed by atoms with Crippen LogP contribution in [0.15, 0.2) is 29.2 Å². The van der Waals surface area contributed by atoms with Crippen LogP contribution in [0.3, 0.4) is 0 Å². The van der Waals surface area contributed by atoms with Gasteiger partial charge in [-0.1, -0.05) is 25.1 Å². The van der Waals surface area contributed by atoms with Crippen molar-refractivity contribution < 1.29 is 13.2 Å². The molecule has 6 heteroatoms. The van der Waals surface area contributed by atoms with Crippen molar-refractivity contribution >= 4 is 28.0 Å². The van der Waals surface area contributed by atoms with Gasteiger partial charge < -0.3 is 0 Å². The molecule has 0 saturated heterocycles. The molecule has 16 heavy (non-hydrogen) atoms. The lowest BCUT2D eigenvalue weighted by Gasteiger charge is -2.11. The molecule has 0 aromatic heterocycles. The van der Waals surface area contributed by atoms with Gasteiger partial charge >= 0.3 is 6.41 Å². The lowest BCUT2D eigenvalue weighted by Crippen LogP contribution is -2.13. The molecule has 0 spiro atoms. The van der Waals surface area contributed by atoms with Crippen LogP contribution in [0.4, 0.5) is 0 Å². The summed E-state index contributed by atoms with van der Waals surface area (Å²) < 4.78 is 24.2. The predicted molar refractivity (Wildman–Crippen MR) is 61.3 cm³/mol. The SMILES string of the molecule is CCS(=O)(=O)c1ccccc1CN(Cl)[C]=O. The first-order chi connectivity index (χ1) is 7.51. The molecule has 0 saturated carbocycles. The maximum atomic E-state index is 11.7. The first kappa shape index (κ1) is 13.0. The number of hydrogen-bond acceptors (Lipinski definition) is 3. The largest absolute Gasteiger partial charge is 0.328 e. The summed E-state index contributed by atoms with van der Waals surface area (Å²) in [5.41, 5.74) is 0.489. The van der Waals surface area contributed by atoms with Crippen LogP contribution in [0.25, 0.3) is 0 Å². The maximum absolute atomic E-state index is 11.7. The highest BCUT2D eigenvalue weighted by Gasteiger charge is 2.16. The topological polar surface area (TPSA) is 54.5 Å². The molecule has 4 nitrogen and oxygen atoms in total. The Balaban J connectivity index is 3.15. The van der Waals surface area contributed by atoms with Crippen LogP contribution in [0.1, 0.15) is 12.5 Å². The van der Waals surface area contributed by atoms with Gasteiger partial charge in [-0.15, -0.1) is 0 Å². The quantitative estimate of drug-likeness (QED) is 0.596. The van der Waals surface area contributed by atoms with E-state index in [2.05, 4.69) is 0 Å². The van der Waals surface area contributed by atoms with Crippen molar-refractivity contribution in [3.8, 4) is 0 Å². The first-order valence-electron chi connectivity index (χ1n) is 4.63. The van der Waals surface area contributed by atoms with E-state index in [1.807, 2.05) is 0 Å². The van der Waals surface area contributed by atoms with Gasteiger partial charge in [0.15, 0.2) is 9.84 Å². The van der Waals surface area contributed by atoms with E-state index in [4.69, 9.17) is 11.8 Å². The van der Waals surface area contributed by atoms with Crippen LogP contribution < -0.4 is 0 Å². The van der Waals surface area contributed by atoms with E-state index in [0.29, 0.717) is 5.56 Å². The van der Waals surface area contributed by atoms with Crippen molar-refractivity contribution in [2.75, 3.05) is 5.75 Å². The number of benzene rings is 1. The van der Waals surface area contributed by atoms with Gasteiger partial charge in [0, 0.05) is 11.8 Å². The molecule has 0 bridgehead atoms. The number of nitrogens with zero attached hydrogens (tertiary/aromatic N) is 1. The van der Waals surface area contributed by atoms with Crippen LogP contribution in [0.5, 0.6) is 0 Å². The summed E-state index contributed by atoms with van der Waals surface area (Å²) in [6, 6.07) is 6.45. The molecule has 1 amide bonds. The zero-order valence-electron chi connectivity index (χ0n) is 8.68. The highest BCUT2D eigenvalue weighted by molar-refractivity contribution is 7.91. The predicted octanol–water partition coefficient (Wildman–Crippen LogP) is 1.50. The lowest BCUT2D eigenvalue weighted by atomic mass is 10.2. The molecule has 0 aliphatic rings. The summed E-state index contributed by atoms with van der Waals surface area (Å²) in [4.78, 5) is 10.5. The Kier molecular flexibility index (Phi) is 4.32. The summed E-state index contributed by atoms with van der Waals surface area (Å²) in [5, 5.41) is 0. The van der Waals surface area contributed by atoms with Gasteiger partial charge in [-0.2, -0.15) is 0 Å². The van der Waals surface area contributed by atoms with Gasteiger partial charge in [-0.3, -0.25) is 4.79 Å². The van der Waals surface area contributed by atoms with E-state index in [1.54, 1.807) is 25.1 Å². The van der Waals surface area contributed by atoms with Gasteiger partial charge in [0.1, 0.15) is 0 Å². The van der Waals surface area contributed by atoms with Gasteiger partial charge in [0.05, 0.1) is 17.2 Å². The molecule has 0 aliphatic carbocycles. The van der Waals surface area contributed by atoms with Crippen molar-refractivity contribution in [1.82, 2.24) is 4.42 Å². The summed E-state index contributed by atoms with van der Waals surface area (Å²) in [6.45, 7) is 1.58. The summed E-state index contributed by atoms with van der Waals surface area (Å²) in [7, 11) is -3.30. The number of hydrogen-bond donors (Lipinski definition) is 0. The Morgan fingerprint density at radius 3 is 2.56 bits per heavy atom. The van der Waals surface area contributed by atoms with Gasteiger partial charge in [-0.05, 0) is 11.6 Å². The smallest absolute Gasteiger partial charge is 0.262 e. The van der Waals surface area contributed by atoms with E-state index < -0.39 is 9.84 Å². The van der Waals surface area contributed by atoms with E-state index in [0.717, 1.165) is 4.42 Å². The fraction of sp³-hybridized carbons (Fsp3) is 0.300. The van der Waals surface area contributed by atoms with Crippen LogP contribution >= 0.6 is 11.8 Å². The third-order valence-corrected chi connectivity index (χ3v) is 4.11. The summed E-state index contributed by atoms with van der Waals surface area (Å²) in [6.07, 6.45) is 1.46. The molecule has 0 aliphatic heterocycles. The molecule has 1 aromatic carbocycles. The van der Waals surface area contributed by atoms with E-state index in [-0.39, 0.29) is 17.2 Å². The van der Waals surface area contributed by atoms with Crippen molar-refractivity contribution in [2.24, 2.45) is 0 Å². The van der Waals surface area contributed by atoms with Crippen molar-refractivity contribution in [3.63, 3.8) is 0 Å². The summed E-state index contributed by atoms with van der Waals surface area (Å²) >= 11 is 5.48. The van der Waals surface area contributed by atoms with Crippen molar-refractivity contribution in [1.29, 1.82) is 0 Å². The molecule has 1 aromatic rings. The Labute approximate surface area is 99.9 Å². The zero-order valence-corrected chi connectivity index (χ0v) is 10.3. The molecule has 0 atom stereocenters. The monoisotopic (exact) mass is 260 g/mol. The van der Waals surface area contributed by atoms with E-state index in [1.165, 1.54) is 12.5 Å². The zero-order chi connectivity index (χ0) is 12.2. The third-order valence-electron chi connectivity index (χ3n) is 2.10. The number of sulfone groups is 1. The minimum absolute atomic E-state index is 0.0110. The Morgan fingerprint density at radius 2 is 2.00 bits per heavy atom. The maximum Gasteiger partial charge on any atom is 0.328 e. The molecule has 0 N–H and O–H groups in total. The van der Waals surface area contributed by atoms with Gasteiger partial charge in [0.25, 0.3) is 0 Å². The number of halogens is 1. The molecule has 0 fully saturated rings. The molecule has 87 valence electrons. The average Bonchev–Trinajstić information content (AvgIpc) is 2.29. The molecular formula is C10H11ClNO3S. The van der Waals surface area contributed by atoms with Gasteiger partial charge in [0.2, 0.25) is 0 Å². The van der Waals surface area contributed by atoms with E-state index >= 15 is 0 Å². The number of rotatable bonds is 5. The summed E-state index contributed by atoms with van der Waals surface area (Å²) in [5.74, 6) is 0.0110. The molecule has 1 rings (SSSR count). The van der Waals surface area contributed by atoms with Crippen LogP contribution in [0, 0.1) is 0 Å². The molecule has 0 heterocycles. The lowest BCUT2D eigenvalue weighted by molar-refractivity contribution is 0.494. The van der Waals surface area contributed by atoms with Crippen LogP contribution in [-0.4, -0.2) is 25.0 Å². The van der Waals surface area contributed by atoms with Crippen molar-refractivity contribution in [3.05, 3.63) is 29.8 Å². The standard InChI is InChI=1S/C10H11ClNO3S/c1-2-16(14,15)10-6-4-3-5-9(10)7-12(11)8-13/h3-6H,2,7H2,1H3. The van der Waals surface area contributed by atoms with E-state index in [9.17, 15) is 13.2 Å². The second-order valence-corrected chi connectivity index (χ2v) is 5.78. The highest BCUT2D eigenvalue weighted by Crippen LogP contribution is 2.18. The third kappa shape index (κ3) is 2.96. The van der Waals surface area contributed by atoms with Gasteiger partial charge in [-0.25, -0.2) is 12.8 Å². The minimum Gasteiger partial charge on any atom is -0.262 e. The normalized spacial score (nSPS) is 11.1. The fourth-order valence-electron chi connectivity index (χ4n) is 1.28. The fourth-order valence-corrected chi connectivity index (χ4v) is 2.53. The first-order valence-corrected chi connectivity index (χ1v) is 6.62. The molecule has 1 radical (unpaired) electrons. The number of amides is 1. The second kappa shape index (κ2) is 5.32. The van der Waals surface area contributed by atoms with Crippen molar-refractivity contribution in [2.45, 2.75) is 18.4 Å².